The molecular formula is C23H21FN4O3. The number of carbonyl (C=O) groups excluding carboxylic acids is 1. The van der Waals surface area contributed by atoms with Crippen LogP contribution in [0.4, 0.5) is 10.3 Å². The van der Waals surface area contributed by atoms with Gasteiger partial charge in [-0.1, -0.05) is 18.2 Å². The van der Waals surface area contributed by atoms with Gasteiger partial charge in [0, 0.05) is 17.7 Å². The molecule has 0 spiro atoms. The van der Waals surface area contributed by atoms with Crippen LogP contribution in [0.1, 0.15) is 35.9 Å². The molecule has 1 aromatic heterocycles. The Morgan fingerprint density at radius 3 is 2.68 bits per heavy atom. The number of nitrogens with one attached hydrogen (secondary N) is 1. The summed E-state index contributed by atoms with van der Waals surface area (Å²) in [5.41, 5.74) is 3.07. The van der Waals surface area contributed by atoms with E-state index in [0.717, 1.165) is 11.3 Å². The molecule has 0 saturated heterocycles. The van der Waals surface area contributed by atoms with Gasteiger partial charge in [0.25, 0.3) is 0 Å². The maximum absolute atomic E-state index is 14.0. The number of anilines is 1. The number of hydrogen-bond donors (Lipinski definition) is 1. The molecule has 2 atom stereocenters. The first kappa shape index (κ1) is 19.3. The van der Waals surface area contributed by atoms with Crippen LogP contribution >= 0.6 is 0 Å². The van der Waals surface area contributed by atoms with Gasteiger partial charge >= 0.3 is 0 Å². The summed E-state index contributed by atoms with van der Waals surface area (Å²) >= 11 is 0. The number of carbonyl (C=O) groups is 1. The highest BCUT2D eigenvalue weighted by molar-refractivity contribution is 6.00. The van der Waals surface area contributed by atoms with Crippen molar-refractivity contribution in [1.29, 1.82) is 0 Å². The van der Waals surface area contributed by atoms with Gasteiger partial charge in [-0.05, 0) is 47.7 Å². The monoisotopic (exact) mass is 420 g/mol. The number of aromatic nitrogens is 3. The fraction of sp³-hybridized carbons (Fsp3) is 0.261. The lowest BCUT2D eigenvalue weighted by atomic mass is 9.78. The molecule has 0 unspecified atom stereocenters. The van der Waals surface area contributed by atoms with Gasteiger partial charge in [-0.2, -0.15) is 10.1 Å². The van der Waals surface area contributed by atoms with Gasteiger partial charge in [-0.3, -0.25) is 4.79 Å². The van der Waals surface area contributed by atoms with Gasteiger partial charge in [0.15, 0.2) is 17.3 Å². The van der Waals surface area contributed by atoms with Crippen LogP contribution in [0.2, 0.25) is 0 Å². The molecule has 5 rings (SSSR count). The maximum Gasteiger partial charge on any atom is 0.226 e. The number of fused-ring (bicyclic) bond motifs is 1. The molecule has 0 fully saturated rings. The predicted octanol–water partition coefficient (Wildman–Crippen LogP) is 3.85. The summed E-state index contributed by atoms with van der Waals surface area (Å²) in [5, 5.41) is 7.57. The maximum atomic E-state index is 14.0. The van der Waals surface area contributed by atoms with Crippen LogP contribution in [0.3, 0.4) is 0 Å². The minimum absolute atomic E-state index is 0.00365. The lowest BCUT2D eigenvalue weighted by Gasteiger charge is -2.35. The lowest BCUT2D eigenvalue weighted by Crippen LogP contribution is -2.33. The number of ether oxygens (including phenoxy) is 2. The number of hydrogen-bond acceptors (Lipinski definition) is 6. The summed E-state index contributed by atoms with van der Waals surface area (Å²) < 4.78 is 26.4. The number of halogens is 1. The molecule has 1 N–H and O–H groups in total. The summed E-state index contributed by atoms with van der Waals surface area (Å²) in [5.74, 6) is 1.43. The topological polar surface area (TPSA) is 78.3 Å². The van der Waals surface area contributed by atoms with E-state index in [4.69, 9.17) is 9.47 Å². The largest absolute Gasteiger partial charge is 0.493 e. The van der Waals surface area contributed by atoms with Gasteiger partial charge < -0.3 is 14.8 Å². The highest BCUT2D eigenvalue weighted by Gasteiger charge is 2.39. The summed E-state index contributed by atoms with van der Waals surface area (Å²) in [6, 6.07) is 11.5. The van der Waals surface area contributed by atoms with Crippen LogP contribution in [0, 0.1) is 5.82 Å². The summed E-state index contributed by atoms with van der Waals surface area (Å²) in [6.07, 6.45) is 2.39. The van der Waals surface area contributed by atoms with Crippen molar-refractivity contribution in [3.05, 3.63) is 77.0 Å². The first-order valence-electron chi connectivity index (χ1n) is 9.99. The standard InChI is InChI=1S/C23H21FN4O3/c1-30-19-7-6-13(11-20(19)31-2)15-9-17-21(18(29)10-15)22(14-4-3-5-16(24)8-14)28-23(27-17)25-12-26-28/h3-8,11-12,15,22H,9-10H2,1-2H3,(H,25,26,27)/t15-,22-/m0/s1. The number of benzene rings is 2. The Labute approximate surface area is 178 Å². The number of ketones is 1. The Bertz CT molecular complexity index is 1200. The van der Waals surface area contributed by atoms with Crippen LogP contribution in [0.25, 0.3) is 0 Å². The van der Waals surface area contributed by atoms with Crippen LogP contribution in [-0.4, -0.2) is 34.8 Å². The van der Waals surface area contributed by atoms with Crippen LogP contribution in [-0.2, 0) is 4.79 Å². The molecule has 2 aromatic carbocycles. The quantitative estimate of drug-likeness (QED) is 0.691. The Kier molecular flexibility index (Phi) is 4.69. The Morgan fingerprint density at radius 2 is 1.90 bits per heavy atom. The molecule has 0 bridgehead atoms. The van der Waals surface area contributed by atoms with Gasteiger partial charge in [-0.15, -0.1) is 0 Å². The van der Waals surface area contributed by atoms with Crippen molar-refractivity contribution in [2.75, 3.05) is 19.5 Å². The molecule has 1 aliphatic carbocycles. The van der Waals surface area contributed by atoms with Crippen LogP contribution < -0.4 is 14.8 Å². The van der Waals surface area contributed by atoms with Crippen molar-refractivity contribution in [2.45, 2.75) is 24.8 Å². The van der Waals surface area contributed by atoms with Crippen molar-refractivity contribution >= 4 is 11.7 Å². The number of Topliss-reactive ketones (excluding diaryl/α,β-unsaturated/α-hetero) is 1. The summed E-state index contributed by atoms with van der Waals surface area (Å²) in [4.78, 5) is 17.7. The van der Waals surface area contributed by atoms with E-state index in [2.05, 4.69) is 15.4 Å². The van der Waals surface area contributed by atoms with Crippen molar-refractivity contribution in [3.8, 4) is 11.5 Å². The second kappa shape index (κ2) is 7.54. The first-order valence-corrected chi connectivity index (χ1v) is 9.99. The number of methoxy groups -OCH3 is 2. The highest BCUT2D eigenvalue weighted by Crippen LogP contribution is 2.44. The third-order valence-corrected chi connectivity index (χ3v) is 5.91. The summed E-state index contributed by atoms with van der Waals surface area (Å²) in [6.45, 7) is 0. The molecule has 31 heavy (non-hydrogen) atoms. The highest BCUT2D eigenvalue weighted by atomic mass is 19.1. The fourth-order valence-electron chi connectivity index (χ4n) is 4.48. The molecule has 158 valence electrons. The van der Waals surface area contributed by atoms with Crippen LogP contribution in [0.15, 0.2) is 60.1 Å². The van der Waals surface area contributed by atoms with E-state index in [1.54, 1.807) is 25.0 Å². The fourth-order valence-corrected chi connectivity index (χ4v) is 4.48. The smallest absolute Gasteiger partial charge is 0.226 e. The normalized spacial score (nSPS) is 20.0. The minimum atomic E-state index is -0.511. The van der Waals surface area contributed by atoms with E-state index in [1.807, 2.05) is 24.3 Å². The number of allylic oxidation sites excluding steroid dienone is 2. The first-order chi connectivity index (χ1) is 15.1. The third kappa shape index (κ3) is 3.24. The molecule has 2 aliphatic rings. The second-order valence-corrected chi connectivity index (χ2v) is 7.65. The minimum Gasteiger partial charge on any atom is -0.493 e. The van der Waals surface area contributed by atoms with Crippen LogP contribution in [0.5, 0.6) is 11.5 Å². The predicted molar refractivity (Wildman–Crippen MR) is 112 cm³/mol. The zero-order valence-corrected chi connectivity index (χ0v) is 17.1. The summed E-state index contributed by atoms with van der Waals surface area (Å²) in [7, 11) is 3.18. The Balaban J connectivity index is 1.56. The van der Waals surface area contributed by atoms with E-state index in [0.29, 0.717) is 41.4 Å². The van der Waals surface area contributed by atoms with E-state index in [9.17, 15) is 9.18 Å². The van der Waals surface area contributed by atoms with Crippen molar-refractivity contribution < 1.29 is 18.7 Å². The molecule has 0 amide bonds. The van der Waals surface area contributed by atoms with Gasteiger partial charge in [0.1, 0.15) is 18.2 Å². The van der Waals surface area contributed by atoms with E-state index < -0.39 is 6.04 Å². The van der Waals surface area contributed by atoms with Gasteiger partial charge in [0.2, 0.25) is 5.95 Å². The van der Waals surface area contributed by atoms with Gasteiger partial charge in [0.05, 0.1) is 14.2 Å². The van der Waals surface area contributed by atoms with Crippen molar-refractivity contribution in [2.24, 2.45) is 0 Å². The molecule has 7 nitrogen and oxygen atoms in total. The Hall–Kier alpha value is -3.68. The average molecular weight is 420 g/mol. The molecule has 0 saturated carbocycles. The Morgan fingerprint density at radius 1 is 1.06 bits per heavy atom. The SMILES string of the molecule is COc1ccc([C@@H]2CC(=O)C3=C(C2)Nc2ncnn2[C@H]3c2cccc(F)c2)cc1OC. The molecule has 0 radical (unpaired) electrons. The van der Waals surface area contributed by atoms with Crippen molar-refractivity contribution in [3.63, 3.8) is 0 Å². The zero-order chi connectivity index (χ0) is 21.5. The van der Waals surface area contributed by atoms with E-state index >= 15 is 0 Å². The third-order valence-electron chi connectivity index (χ3n) is 5.91. The number of nitrogens with zero attached hydrogens (tertiary/aromatic N) is 3. The second-order valence-electron chi connectivity index (χ2n) is 7.65. The molecule has 1 aliphatic heterocycles. The number of rotatable bonds is 4. The van der Waals surface area contributed by atoms with Crippen molar-refractivity contribution in [1.82, 2.24) is 14.8 Å². The average Bonchev–Trinajstić information content (AvgIpc) is 3.25. The molecular weight excluding hydrogens is 399 g/mol. The zero-order valence-electron chi connectivity index (χ0n) is 17.1. The van der Waals surface area contributed by atoms with Gasteiger partial charge in [-0.25, -0.2) is 9.07 Å². The molecule has 3 aromatic rings. The van der Waals surface area contributed by atoms with E-state index in [1.165, 1.54) is 18.5 Å². The molecule has 8 heteroatoms. The molecule has 2 heterocycles. The lowest BCUT2D eigenvalue weighted by molar-refractivity contribution is -0.116. The van der Waals surface area contributed by atoms with E-state index in [-0.39, 0.29) is 17.5 Å².